The van der Waals surface area contributed by atoms with Crippen molar-refractivity contribution in [2.24, 2.45) is 0 Å². The number of carbonyl (C=O) groups excluding carboxylic acids is 1. The van der Waals surface area contributed by atoms with Crippen molar-refractivity contribution in [3.63, 3.8) is 0 Å². The lowest BCUT2D eigenvalue weighted by Crippen LogP contribution is -2.33. The van der Waals surface area contributed by atoms with Gasteiger partial charge in [-0.05, 0) is 29.8 Å². The summed E-state index contributed by atoms with van der Waals surface area (Å²) in [6.07, 6.45) is 1.25. The molecule has 1 amide bonds. The molecule has 5 nitrogen and oxygen atoms in total. The number of benzene rings is 2. The third-order valence-electron chi connectivity index (χ3n) is 3.92. The van der Waals surface area contributed by atoms with Crippen LogP contribution in [0.5, 0.6) is 0 Å². The van der Waals surface area contributed by atoms with Crippen LogP contribution in [0.25, 0.3) is 10.9 Å². The Labute approximate surface area is 158 Å². The lowest BCUT2D eigenvalue weighted by molar-refractivity contribution is -0.131. The van der Waals surface area contributed by atoms with Crippen LogP contribution in [0.4, 0.5) is 4.39 Å². The van der Waals surface area contributed by atoms with Gasteiger partial charge in [-0.2, -0.15) is 0 Å². The number of rotatable bonds is 4. The molecular formula is C18H14Cl2FN3O2. The lowest BCUT2D eigenvalue weighted by atomic mass is 10.2. The zero-order chi connectivity index (χ0) is 18.8. The van der Waals surface area contributed by atoms with Crippen molar-refractivity contribution in [2.75, 3.05) is 7.05 Å². The van der Waals surface area contributed by atoms with E-state index in [-0.39, 0.29) is 23.4 Å². The molecule has 0 fully saturated rings. The monoisotopic (exact) mass is 393 g/mol. The summed E-state index contributed by atoms with van der Waals surface area (Å²) in [5.41, 5.74) is 0.670. The molecule has 1 heterocycles. The number of amides is 1. The summed E-state index contributed by atoms with van der Waals surface area (Å²) in [6.45, 7) is 0.146. The topological polar surface area (TPSA) is 55.2 Å². The van der Waals surface area contributed by atoms with Gasteiger partial charge in [-0.15, -0.1) is 0 Å². The van der Waals surface area contributed by atoms with Crippen LogP contribution < -0.4 is 5.56 Å². The first-order valence-corrected chi connectivity index (χ1v) is 8.43. The second-order valence-electron chi connectivity index (χ2n) is 5.84. The molecule has 0 atom stereocenters. The molecule has 0 N–H and O–H groups in total. The molecule has 3 aromatic rings. The first-order valence-electron chi connectivity index (χ1n) is 7.68. The van der Waals surface area contributed by atoms with Gasteiger partial charge in [-0.3, -0.25) is 14.2 Å². The quantitative estimate of drug-likeness (QED) is 0.681. The fourth-order valence-corrected chi connectivity index (χ4v) is 2.83. The van der Waals surface area contributed by atoms with Crippen molar-refractivity contribution in [1.82, 2.24) is 14.5 Å². The summed E-state index contributed by atoms with van der Waals surface area (Å²) in [5.74, 6) is -0.749. The Balaban J connectivity index is 1.77. The summed E-state index contributed by atoms with van der Waals surface area (Å²) >= 11 is 11.9. The number of hydrogen-bond donors (Lipinski definition) is 0. The zero-order valence-electron chi connectivity index (χ0n) is 13.7. The molecule has 0 aliphatic carbocycles. The molecule has 26 heavy (non-hydrogen) atoms. The SMILES string of the molecule is CN(Cc1ccc(Cl)c(Cl)c1)C(=O)Cn1cnc2cc(F)ccc2c1=O. The van der Waals surface area contributed by atoms with E-state index >= 15 is 0 Å². The number of likely N-dealkylation sites (N-methyl/N-ethyl adjacent to an activating group) is 1. The van der Waals surface area contributed by atoms with Gasteiger partial charge in [0.25, 0.3) is 5.56 Å². The summed E-state index contributed by atoms with van der Waals surface area (Å²) in [7, 11) is 1.62. The molecule has 0 unspecified atom stereocenters. The van der Waals surface area contributed by atoms with Crippen LogP contribution in [0, 0.1) is 5.82 Å². The average Bonchev–Trinajstić information content (AvgIpc) is 2.60. The van der Waals surface area contributed by atoms with Gasteiger partial charge in [0, 0.05) is 19.7 Å². The van der Waals surface area contributed by atoms with Gasteiger partial charge in [0.15, 0.2) is 0 Å². The summed E-state index contributed by atoms with van der Waals surface area (Å²) in [6, 6.07) is 8.85. The van der Waals surface area contributed by atoms with Gasteiger partial charge in [0.05, 0.1) is 27.3 Å². The molecule has 0 saturated carbocycles. The average molecular weight is 394 g/mol. The van der Waals surface area contributed by atoms with Gasteiger partial charge < -0.3 is 4.90 Å². The molecule has 1 aromatic heterocycles. The van der Waals surface area contributed by atoms with E-state index in [4.69, 9.17) is 23.2 Å². The molecule has 0 bridgehead atoms. The third-order valence-corrected chi connectivity index (χ3v) is 4.66. The van der Waals surface area contributed by atoms with Gasteiger partial charge in [-0.1, -0.05) is 29.3 Å². The van der Waals surface area contributed by atoms with Gasteiger partial charge in [-0.25, -0.2) is 9.37 Å². The molecule has 0 aliphatic heterocycles. The maximum atomic E-state index is 13.2. The molecule has 2 aromatic carbocycles. The minimum absolute atomic E-state index is 0.170. The van der Waals surface area contributed by atoms with Crippen LogP contribution in [0.2, 0.25) is 10.0 Å². The molecule has 0 radical (unpaired) electrons. The maximum absolute atomic E-state index is 13.2. The van der Waals surface area contributed by atoms with Gasteiger partial charge in [0.2, 0.25) is 5.91 Å². The Bertz CT molecular complexity index is 1050. The number of carbonyl (C=O) groups is 1. The van der Waals surface area contributed by atoms with E-state index in [0.29, 0.717) is 16.6 Å². The van der Waals surface area contributed by atoms with Crippen LogP contribution in [0.15, 0.2) is 47.5 Å². The zero-order valence-corrected chi connectivity index (χ0v) is 15.3. The van der Waals surface area contributed by atoms with E-state index < -0.39 is 11.4 Å². The van der Waals surface area contributed by atoms with E-state index in [1.54, 1.807) is 25.2 Å². The van der Waals surface area contributed by atoms with Gasteiger partial charge in [0.1, 0.15) is 12.4 Å². The minimum Gasteiger partial charge on any atom is -0.340 e. The van der Waals surface area contributed by atoms with Crippen LogP contribution in [-0.2, 0) is 17.9 Å². The van der Waals surface area contributed by atoms with Crippen molar-refractivity contribution >= 4 is 40.0 Å². The number of fused-ring (bicyclic) bond motifs is 1. The van der Waals surface area contributed by atoms with Crippen molar-refractivity contribution in [3.8, 4) is 0 Å². The molecule has 3 rings (SSSR count). The number of hydrogen-bond acceptors (Lipinski definition) is 3. The molecule has 8 heteroatoms. The predicted octanol–water partition coefficient (Wildman–Crippen LogP) is 3.50. The van der Waals surface area contributed by atoms with E-state index in [1.165, 1.54) is 34.0 Å². The highest BCUT2D eigenvalue weighted by Crippen LogP contribution is 2.23. The van der Waals surface area contributed by atoms with Crippen molar-refractivity contribution < 1.29 is 9.18 Å². The Hall–Kier alpha value is -2.44. The van der Waals surface area contributed by atoms with E-state index in [9.17, 15) is 14.0 Å². The van der Waals surface area contributed by atoms with E-state index in [0.717, 1.165) is 5.56 Å². The highest BCUT2D eigenvalue weighted by Gasteiger charge is 2.13. The van der Waals surface area contributed by atoms with Crippen molar-refractivity contribution in [2.45, 2.75) is 13.1 Å². The standard InChI is InChI=1S/C18H14Cl2FN3O2/c1-23(8-11-2-5-14(19)15(20)6-11)17(25)9-24-10-22-16-7-12(21)3-4-13(16)18(24)26/h2-7,10H,8-9H2,1H3. The smallest absolute Gasteiger partial charge is 0.261 e. The molecule has 134 valence electrons. The Kier molecular flexibility index (Phi) is 5.25. The highest BCUT2D eigenvalue weighted by molar-refractivity contribution is 6.42. The summed E-state index contributed by atoms with van der Waals surface area (Å²) < 4.78 is 14.4. The summed E-state index contributed by atoms with van der Waals surface area (Å²) in [4.78, 5) is 30.4. The minimum atomic E-state index is -0.473. The molecular weight excluding hydrogens is 380 g/mol. The lowest BCUT2D eigenvalue weighted by Gasteiger charge is -2.18. The maximum Gasteiger partial charge on any atom is 0.261 e. The second kappa shape index (κ2) is 7.43. The molecule has 0 aliphatic rings. The largest absolute Gasteiger partial charge is 0.340 e. The van der Waals surface area contributed by atoms with Crippen LogP contribution in [0.1, 0.15) is 5.56 Å². The first kappa shape index (κ1) is 18.4. The van der Waals surface area contributed by atoms with E-state index in [1.807, 2.05) is 0 Å². The number of aromatic nitrogens is 2. The van der Waals surface area contributed by atoms with Crippen LogP contribution in [-0.4, -0.2) is 27.4 Å². The molecule has 0 saturated heterocycles. The Morgan fingerprint density at radius 1 is 1.19 bits per heavy atom. The van der Waals surface area contributed by atoms with E-state index in [2.05, 4.69) is 4.98 Å². The first-order chi connectivity index (χ1) is 12.3. The van der Waals surface area contributed by atoms with Crippen LogP contribution >= 0.6 is 23.2 Å². The molecule has 0 spiro atoms. The second-order valence-corrected chi connectivity index (χ2v) is 6.65. The highest BCUT2D eigenvalue weighted by atomic mass is 35.5. The third kappa shape index (κ3) is 3.86. The number of halogens is 3. The van der Waals surface area contributed by atoms with Crippen LogP contribution in [0.3, 0.4) is 0 Å². The number of nitrogens with zero attached hydrogens (tertiary/aromatic N) is 3. The summed E-state index contributed by atoms with van der Waals surface area (Å²) in [5, 5.41) is 1.11. The fraction of sp³-hybridized carbons (Fsp3) is 0.167. The Morgan fingerprint density at radius 3 is 2.69 bits per heavy atom. The van der Waals surface area contributed by atoms with Crippen molar-refractivity contribution in [1.29, 1.82) is 0 Å². The van der Waals surface area contributed by atoms with Crippen molar-refractivity contribution in [3.05, 3.63) is 74.5 Å². The van der Waals surface area contributed by atoms with Gasteiger partial charge >= 0.3 is 0 Å². The normalized spacial score (nSPS) is 10.9. The predicted molar refractivity (Wildman–Crippen MR) is 98.9 cm³/mol. The fourth-order valence-electron chi connectivity index (χ4n) is 2.51. The Morgan fingerprint density at radius 2 is 1.96 bits per heavy atom.